The lowest BCUT2D eigenvalue weighted by Gasteiger charge is -2.23. The third-order valence-electron chi connectivity index (χ3n) is 2.69. The molecular formula is C14H14N2O2. The third-order valence-corrected chi connectivity index (χ3v) is 2.69. The molecule has 0 aliphatic rings. The Morgan fingerprint density at radius 3 is 2.50 bits per heavy atom. The summed E-state index contributed by atoms with van der Waals surface area (Å²) in [5.41, 5.74) is -0.811. The number of nitriles is 2. The fourth-order valence-corrected chi connectivity index (χ4v) is 1.75. The topological polar surface area (TPSA) is 73.9 Å². The van der Waals surface area contributed by atoms with Crippen molar-refractivity contribution in [3.05, 3.63) is 35.9 Å². The highest BCUT2D eigenvalue weighted by Gasteiger charge is 2.41. The smallest absolute Gasteiger partial charge is 0.331 e. The van der Waals surface area contributed by atoms with Crippen LogP contribution in [-0.2, 0) is 14.9 Å². The van der Waals surface area contributed by atoms with Crippen LogP contribution >= 0.6 is 0 Å². The molecule has 0 N–H and O–H groups in total. The molecule has 1 aromatic carbocycles. The number of hydrogen-bond acceptors (Lipinski definition) is 4. The molecule has 92 valence electrons. The maximum absolute atomic E-state index is 12.0. The van der Waals surface area contributed by atoms with Gasteiger partial charge in [0.1, 0.15) is 0 Å². The summed E-state index contributed by atoms with van der Waals surface area (Å²) >= 11 is 0. The predicted octanol–water partition coefficient (Wildman–Crippen LogP) is 2.31. The summed E-state index contributed by atoms with van der Waals surface area (Å²) in [6.07, 6.45) is 0.268. The first-order valence-electron chi connectivity index (χ1n) is 5.72. The maximum Gasteiger partial charge on any atom is 0.331 e. The van der Waals surface area contributed by atoms with Crippen LogP contribution in [0.1, 0.15) is 25.3 Å². The van der Waals surface area contributed by atoms with Gasteiger partial charge in [-0.2, -0.15) is 10.5 Å². The summed E-state index contributed by atoms with van der Waals surface area (Å²) < 4.78 is 4.98. The van der Waals surface area contributed by atoms with Gasteiger partial charge in [-0.1, -0.05) is 30.3 Å². The van der Waals surface area contributed by atoms with Crippen molar-refractivity contribution >= 4 is 5.97 Å². The van der Waals surface area contributed by atoms with Gasteiger partial charge >= 0.3 is 5.97 Å². The first kappa shape index (κ1) is 13.7. The summed E-state index contributed by atoms with van der Waals surface area (Å²) in [6.45, 7) is 1.90. The van der Waals surface area contributed by atoms with Crippen molar-refractivity contribution in [2.45, 2.75) is 25.2 Å². The summed E-state index contributed by atoms with van der Waals surface area (Å²) in [5, 5.41) is 18.1. The van der Waals surface area contributed by atoms with Gasteiger partial charge in [-0.15, -0.1) is 0 Å². The summed E-state index contributed by atoms with van der Waals surface area (Å²) in [6, 6.07) is 12.7. The van der Waals surface area contributed by atoms with Crippen molar-refractivity contribution in [1.82, 2.24) is 0 Å². The molecule has 0 radical (unpaired) electrons. The Kier molecular flexibility index (Phi) is 4.90. The fraction of sp³-hybridized carbons (Fsp3) is 0.357. The molecule has 0 fully saturated rings. The van der Waals surface area contributed by atoms with Crippen molar-refractivity contribution in [3.8, 4) is 12.1 Å². The van der Waals surface area contributed by atoms with Gasteiger partial charge in [0.15, 0.2) is 5.41 Å². The maximum atomic E-state index is 12.0. The first-order valence-corrected chi connectivity index (χ1v) is 5.72. The van der Waals surface area contributed by atoms with Crippen molar-refractivity contribution in [2.24, 2.45) is 0 Å². The minimum absolute atomic E-state index is 0.126. The van der Waals surface area contributed by atoms with Crippen molar-refractivity contribution in [3.63, 3.8) is 0 Å². The van der Waals surface area contributed by atoms with Crippen LogP contribution in [0.25, 0.3) is 0 Å². The standard InChI is InChI=1S/C14H14N2O2/c1-2-18-13(17)14(11-16,9-6-10-15)12-7-4-3-5-8-12/h3-5,7-8H,2,6,9H2,1H3. The monoisotopic (exact) mass is 242 g/mol. The molecule has 0 bridgehead atoms. The average molecular weight is 242 g/mol. The first-order chi connectivity index (χ1) is 8.71. The van der Waals surface area contributed by atoms with E-state index in [2.05, 4.69) is 0 Å². The average Bonchev–Trinajstić information content (AvgIpc) is 2.42. The van der Waals surface area contributed by atoms with E-state index >= 15 is 0 Å². The highest BCUT2D eigenvalue weighted by molar-refractivity contribution is 5.86. The minimum Gasteiger partial charge on any atom is -0.465 e. The lowest BCUT2D eigenvalue weighted by molar-refractivity contribution is -0.148. The lowest BCUT2D eigenvalue weighted by Crippen LogP contribution is -2.36. The Morgan fingerprint density at radius 2 is 2.00 bits per heavy atom. The quantitative estimate of drug-likeness (QED) is 0.742. The molecular weight excluding hydrogens is 228 g/mol. The van der Waals surface area contributed by atoms with E-state index in [-0.39, 0.29) is 19.4 Å². The van der Waals surface area contributed by atoms with Crippen LogP contribution in [0.5, 0.6) is 0 Å². The van der Waals surface area contributed by atoms with E-state index in [0.29, 0.717) is 5.56 Å². The van der Waals surface area contributed by atoms with Gasteiger partial charge < -0.3 is 4.74 Å². The van der Waals surface area contributed by atoms with Gasteiger partial charge in [0.2, 0.25) is 0 Å². The van der Waals surface area contributed by atoms with Crippen LogP contribution in [0.3, 0.4) is 0 Å². The molecule has 1 rings (SSSR count). The van der Waals surface area contributed by atoms with Gasteiger partial charge in [-0.3, -0.25) is 0 Å². The molecule has 0 amide bonds. The van der Waals surface area contributed by atoms with Gasteiger partial charge in [-0.25, -0.2) is 4.79 Å². The molecule has 0 saturated heterocycles. The van der Waals surface area contributed by atoms with Crippen LogP contribution < -0.4 is 0 Å². The number of benzene rings is 1. The van der Waals surface area contributed by atoms with E-state index in [1.165, 1.54) is 0 Å². The molecule has 1 atom stereocenters. The highest BCUT2D eigenvalue weighted by Crippen LogP contribution is 2.30. The second-order valence-corrected chi connectivity index (χ2v) is 3.76. The molecule has 0 heterocycles. The number of carbonyl (C=O) groups excluding carboxylic acids is 1. The highest BCUT2D eigenvalue weighted by atomic mass is 16.5. The van der Waals surface area contributed by atoms with E-state index in [1.807, 2.05) is 12.1 Å². The van der Waals surface area contributed by atoms with Crippen LogP contribution in [0, 0.1) is 22.7 Å². The Labute approximate surface area is 106 Å². The number of carbonyl (C=O) groups is 1. The number of nitrogens with zero attached hydrogens (tertiary/aromatic N) is 2. The van der Waals surface area contributed by atoms with Crippen LogP contribution in [-0.4, -0.2) is 12.6 Å². The Morgan fingerprint density at radius 1 is 1.33 bits per heavy atom. The summed E-state index contributed by atoms with van der Waals surface area (Å²) in [7, 11) is 0. The fourth-order valence-electron chi connectivity index (χ4n) is 1.75. The number of hydrogen-bond donors (Lipinski definition) is 0. The molecule has 0 aromatic heterocycles. The molecule has 0 aliphatic heterocycles. The molecule has 1 aromatic rings. The van der Waals surface area contributed by atoms with E-state index in [4.69, 9.17) is 10.00 Å². The second-order valence-electron chi connectivity index (χ2n) is 3.76. The van der Waals surface area contributed by atoms with Crippen LogP contribution in [0.2, 0.25) is 0 Å². The van der Waals surface area contributed by atoms with Crippen molar-refractivity contribution < 1.29 is 9.53 Å². The molecule has 1 unspecified atom stereocenters. The van der Waals surface area contributed by atoms with Gasteiger partial charge in [0, 0.05) is 6.42 Å². The third kappa shape index (κ3) is 2.67. The van der Waals surface area contributed by atoms with E-state index < -0.39 is 11.4 Å². The molecule has 18 heavy (non-hydrogen) atoms. The number of rotatable bonds is 5. The minimum atomic E-state index is -1.38. The number of ether oxygens (including phenoxy) is 1. The number of esters is 1. The normalized spacial score (nSPS) is 12.8. The Balaban J connectivity index is 3.20. The Hall–Kier alpha value is -2.33. The van der Waals surface area contributed by atoms with Gasteiger partial charge in [0.05, 0.1) is 18.7 Å². The zero-order valence-electron chi connectivity index (χ0n) is 10.2. The molecule has 0 aliphatic carbocycles. The van der Waals surface area contributed by atoms with E-state index in [1.54, 1.807) is 37.3 Å². The van der Waals surface area contributed by atoms with Crippen LogP contribution in [0.15, 0.2) is 30.3 Å². The van der Waals surface area contributed by atoms with Crippen molar-refractivity contribution in [1.29, 1.82) is 10.5 Å². The Bertz CT molecular complexity index is 485. The van der Waals surface area contributed by atoms with E-state index in [9.17, 15) is 10.1 Å². The van der Waals surface area contributed by atoms with E-state index in [0.717, 1.165) is 0 Å². The largest absolute Gasteiger partial charge is 0.465 e. The second kappa shape index (κ2) is 6.42. The zero-order chi connectivity index (χ0) is 13.4. The van der Waals surface area contributed by atoms with Gasteiger partial charge in [0.25, 0.3) is 0 Å². The van der Waals surface area contributed by atoms with Gasteiger partial charge in [-0.05, 0) is 18.9 Å². The molecule has 0 spiro atoms. The SMILES string of the molecule is CCOC(=O)C(C#N)(CCC#N)c1ccccc1. The zero-order valence-corrected chi connectivity index (χ0v) is 10.2. The summed E-state index contributed by atoms with van der Waals surface area (Å²) in [5.74, 6) is -0.589. The molecule has 0 saturated carbocycles. The van der Waals surface area contributed by atoms with Crippen LogP contribution in [0.4, 0.5) is 0 Å². The molecule has 4 nitrogen and oxygen atoms in total. The summed E-state index contributed by atoms with van der Waals surface area (Å²) in [4.78, 5) is 12.0. The van der Waals surface area contributed by atoms with Crippen molar-refractivity contribution in [2.75, 3.05) is 6.61 Å². The molecule has 4 heteroatoms. The lowest BCUT2D eigenvalue weighted by atomic mass is 9.78. The predicted molar refractivity (Wildman–Crippen MR) is 65.2 cm³/mol.